The predicted octanol–water partition coefficient (Wildman–Crippen LogP) is -1.35. The van der Waals surface area contributed by atoms with Crippen molar-refractivity contribution in [1.82, 2.24) is 0 Å². The fourth-order valence-electron chi connectivity index (χ4n) is 0.204. The van der Waals surface area contributed by atoms with E-state index in [1.54, 1.807) is 0 Å². The van der Waals surface area contributed by atoms with Gasteiger partial charge in [-0.1, -0.05) is 0 Å². The first-order chi connectivity index (χ1) is 3.63. The third-order valence-electron chi connectivity index (χ3n) is 0.533. The summed E-state index contributed by atoms with van der Waals surface area (Å²) in [5.41, 5.74) is 0. The third-order valence-corrected chi connectivity index (χ3v) is 2.35. The van der Waals surface area contributed by atoms with Gasteiger partial charge in [-0.3, -0.25) is 0 Å². The topological polar surface area (TPSA) is 80.3 Å². The maximum Gasteiger partial charge on any atom is 2.00 e. The van der Waals surface area contributed by atoms with E-state index in [9.17, 15) is 18.9 Å². The summed E-state index contributed by atoms with van der Waals surface area (Å²) >= 11 is 0. The smallest absolute Gasteiger partial charge is 0.802 e. The minimum absolute atomic E-state index is 0. The first-order valence-electron chi connectivity index (χ1n) is 2.02. The molecule has 50 valence electrons. The zero-order valence-corrected chi connectivity index (χ0v) is 9.72. The molecule has 9 heavy (non-hydrogen) atoms. The standard InChI is InChI=1S/C2H8O4P2.Zn/c3-7(4)1-2-8(5)6;/h7-8H,1-2H2,(H,3,4)(H,5,6);/q;+2/p-2. The normalized spacial score (nSPS) is 15.8. The van der Waals surface area contributed by atoms with E-state index in [-0.39, 0.29) is 31.8 Å². The maximum atomic E-state index is 9.72. The fourth-order valence-corrected chi connectivity index (χ4v) is 1.84. The monoisotopic (exact) mass is 220 g/mol. The van der Waals surface area contributed by atoms with E-state index in [1.165, 1.54) is 0 Å². The van der Waals surface area contributed by atoms with Gasteiger partial charge in [0.05, 0.1) is 0 Å². The van der Waals surface area contributed by atoms with E-state index in [0.717, 1.165) is 0 Å². The SMILES string of the molecule is O=[PH]([O-])CC[PH](=O)[O-].[Zn+2]. The largest absolute Gasteiger partial charge is 2.00 e. The molecule has 2 atom stereocenters. The molecule has 0 saturated carbocycles. The molecule has 4 nitrogen and oxygen atoms in total. The molecule has 7 heteroatoms. The van der Waals surface area contributed by atoms with Gasteiger partial charge in [0.1, 0.15) is 0 Å². The first-order valence-corrected chi connectivity index (χ1v) is 5.07. The Morgan fingerprint density at radius 1 is 1.00 bits per heavy atom. The van der Waals surface area contributed by atoms with Crippen molar-refractivity contribution in [1.29, 1.82) is 0 Å². The summed E-state index contributed by atoms with van der Waals surface area (Å²) in [6.07, 6.45) is -0.405. The van der Waals surface area contributed by atoms with Crippen LogP contribution in [0.5, 0.6) is 0 Å². The molecular weight excluding hydrogens is 215 g/mol. The Labute approximate surface area is 67.2 Å². The Morgan fingerprint density at radius 2 is 1.22 bits per heavy atom. The molecule has 0 aliphatic heterocycles. The van der Waals surface area contributed by atoms with Gasteiger partial charge < -0.3 is 18.9 Å². The summed E-state index contributed by atoms with van der Waals surface area (Å²) in [6, 6.07) is 0. The zero-order valence-electron chi connectivity index (χ0n) is 4.75. The molecule has 0 heterocycles. The molecule has 2 unspecified atom stereocenters. The Bertz CT molecular complexity index is 101. The van der Waals surface area contributed by atoms with Gasteiger partial charge in [-0.25, -0.2) is 0 Å². The molecule has 0 aliphatic rings. The van der Waals surface area contributed by atoms with E-state index in [2.05, 4.69) is 0 Å². The number of hydrogen-bond acceptors (Lipinski definition) is 4. The molecule has 0 N–H and O–H groups in total. The van der Waals surface area contributed by atoms with Crippen molar-refractivity contribution in [3.05, 3.63) is 0 Å². The first kappa shape index (κ1) is 12.7. The van der Waals surface area contributed by atoms with Crippen molar-refractivity contribution >= 4 is 16.1 Å². The molecule has 0 bridgehead atoms. The molecule has 0 fully saturated rings. The van der Waals surface area contributed by atoms with Crippen LogP contribution in [0.25, 0.3) is 0 Å². The summed E-state index contributed by atoms with van der Waals surface area (Å²) in [6.45, 7) is 0. The number of hydrogen-bond donors (Lipinski definition) is 0. The van der Waals surface area contributed by atoms with Crippen molar-refractivity contribution in [2.45, 2.75) is 0 Å². The molecule has 0 aliphatic carbocycles. The van der Waals surface area contributed by atoms with Crippen molar-refractivity contribution in [2.24, 2.45) is 0 Å². The second-order valence-electron chi connectivity index (χ2n) is 1.24. The minimum Gasteiger partial charge on any atom is -0.802 e. The molecular formula is C2H6O4P2Zn. The minimum atomic E-state index is -2.80. The predicted molar refractivity (Wildman–Crippen MR) is 27.7 cm³/mol. The van der Waals surface area contributed by atoms with Gasteiger partial charge in [0.15, 0.2) is 0 Å². The summed E-state index contributed by atoms with van der Waals surface area (Å²) in [7, 11) is -5.61. The van der Waals surface area contributed by atoms with E-state index >= 15 is 0 Å². The summed E-state index contributed by atoms with van der Waals surface area (Å²) < 4.78 is 19.4. The quantitative estimate of drug-likeness (QED) is 0.436. The van der Waals surface area contributed by atoms with Gasteiger partial charge in [0, 0.05) is 16.1 Å². The molecule has 0 spiro atoms. The second-order valence-corrected chi connectivity index (χ2v) is 3.73. The van der Waals surface area contributed by atoms with Gasteiger partial charge in [0.25, 0.3) is 0 Å². The van der Waals surface area contributed by atoms with Crippen molar-refractivity contribution in [3.8, 4) is 0 Å². The van der Waals surface area contributed by atoms with Gasteiger partial charge in [0.2, 0.25) is 0 Å². The Kier molecular flexibility index (Phi) is 10.0. The van der Waals surface area contributed by atoms with E-state index in [0.29, 0.717) is 0 Å². The molecule has 0 radical (unpaired) electrons. The number of rotatable bonds is 3. The molecule has 0 aromatic heterocycles. The summed E-state index contributed by atoms with van der Waals surface area (Å²) in [5.74, 6) is 0. The molecule has 0 amide bonds. The third kappa shape index (κ3) is 12.3. The zero-order chi connectivity index (χ0) is 6.57. The molecule has 0 aromatic carbocycles. The second kappa shape index (κ2) is 7.11. The van der Waals surface area contributed by atoms with Crippen LogP contribution in [0.1, 0.15) is 0 Å². The van der Waals surface area contributed by atoms with Crippen molar-refractivity contribution in [2.75, 3.05) is 12.3 Å². The molecule has 0 rings (SSSR count). The van der Waals surface area contributed by atoms with Crippen LogP contribution in [0.15, 0.2) is 0 Å². The van der Waals surface area contributed by atoms with Crippen molar-refractivity contribution in [3.63, 3.8) is 0 Å². The van der Waals surface area contributed by atoms with Crippen LogP contribution in [0.2, 0.25) is 0 Å². The van der Waals surface area contributed by atoms with Gasteiger partial charge in [-0.15, -0.1) is 0 Å². The van der Waals surface area contributed by atoms with Crippen LogP contribution in [0.3, 0.4) is 0 Å². The maximum absolute atomic E-state index is 9.72. The van der Waals surface area contributed by atoms with Crippen LogP contribution in [-0.2, 0) is 28.6 Å². The Morgan fingerprint density at radius 3 is 1.33 bits per heavy atom. The van der Waals surface area contributed by atoms with Crippen LogP contribution >= 0.6 is 16.1 Å². The van der Waals surface area contributed by atoms with E-state index in [1.807, 2.05) is 0 Å². The summed E-state index contributed by atoms with van der Waals surface area (Å²) in [4.78, 5) is 19.4. The molecule has 0 aromatic rings. The van der Waals surface area contributed by atoms with Crippen LogP contribution in [0.4, 0.5) is 0 Å². The van der Waals surface area contributed by atoms with E-state index < -0.39 is 16.1 Å². The van der Waals surface area contributed by atoms with Gasteiger partial charge >= 0.3 is 19.5 Å². The van der Waals surface area contributed by atoms with Crippen LogP contribution in [-0.4, -0.2) is 12.3 Å². The summed E-state index contributed by atoms with van der Waals surface area (Å²) in [5, 5.41) is 0. The van der Waals surface area contributed by atoms with Gasteiger partial charge in [-0.2, -0.15) is 0 Å². The van der Waals surface area contributed by atoms with E-state index in [4.69, 9.17) is 0 Å². The van der Waals surface area contributed by atoms with Crippen molar-refractivity contribution < 1.29 is 38.4 Å². The van der Waals surface area contributed by atoms with Crippen LogP contribution < -0.4 is 9.79 Å². The Balaban J connectivity index is 0. The Hall–Kier alpha value is 1.00. The van der Waals surface area contributed by atoms with Crippen LogP contribution in [0, 0.1) is 0 Å². The molecule has 0 saturated heterocycles. The average Bonchev–Trinajstić information content (AvgIpc) is 1.61. The average molecular weight is 221 g/mol. The fraction of sp³-hybridized carbons (Fsp3) is 1.00. The van der Waals surface area contributed by atoms with Gasteiger partial charge in [-0.05, 0) is 12.3 Å².